The summed E-state index contributed by atoms with van der Waals surface area (Å²) in [6.07, 6.45) is 0.906. The number of anilines is 1. The van der Waals surface area contributed by atoms with Gasteiger partial charge >= 0.3 is 6.03 Å². The molecule has 0 saturated heterocycles. The SMILES string of the molecule is CCC(C)NC(=O)Nc1cccc(Cl)c1. The number of urea groups is 1. The van der Waals surface area contributed by atoms with Crippen LogP contribution < -0.4 is 10.6 Å². The van der Waals surface area contributed by atoms with Gasteiger partial charge in [0.25, 0.3) is 0 Å². The molecule has 15 heavy (non-hydrogen) atoms. The Hall–Kier alpha value is -1.22. The van der Waals surface area contributed by atoms with E-state index in [4.69, 9.17) is 11.6 Å². The molecule has 0 spiro atoms. The fraction of sp³-hybridized carbons (Fsp3) is 0.364. The molecule has 1 unspecified atom stereocenters. The van der Waals surface area contributed by atoms with E-state index in [2.05, 4.69) is 10.6 Å². The van der Waals surface area contributed by atoms with E-state index in [1.165, 1.54) is 0 Å². The smallest absolute Gasteiger partial charge is 0.319 e. The third kappa shape index (κ3) is 4.21. The van der Waals surface area contributed by atoms with Gasteiger partial charge in [-0.2, -0.15) is 0 Å². The fourth-order valence-electron chi connectivity index (χ4n) is 1.06. The van der Waals surface area contributed by atoms with Crippen molar-refractivity contribution in [3.05, 3.63) is 29.3 Å². The maximum absolute atomic E-state index is 11.4. The van der Waals surface area contributed by atoms with Crippen molar-refractivity contribution in [3.63, 3.8) is 0 Å². The molecule has 0 bridgehead atoms. The van der Waals surface area contributed by atoms with Crippen molar-refractivity contribution in [2.75, 3.05) is 5.32 Å². The van der Waals surface area contributed by atoms with Crippen LogP contribution in [-0.2, 0) is 0 Å². The first-order chi connectivity index (χ1) is 7.11. The van der Waals surface area contributed by atoms with Crippen molar-refractivity contribution in [2.45, 2.75) is 26.3 Å². The summed E-state index contributed by atoms with van der Waals surface area (Å²) in [6, 6.07) is 7.02. The lowest BCUT2D eigenvalue weighted by atomic mass is 10.3. The Morgan fingerprint density at radius 1 is 1.53 bits per heavy atom. The summed E-state index contributed by atoms with van der Waals surface area (Å²) in [6.45, 7) is 3.97. The van der Waals surface area contributed by atoms with Crippen LogP contribution in [0.25, 0.3) is 0 Å². The molecule has 0 aromatic heterocycles. The summed E-state index contributed by atoms with van der Waals surface area (Å²) in [4.78, 5) is 11.4. The van der Waals surface area contributed by atoms with Gasteiger partial charge in [-0.3, -0.25) is 0 Å². The minimum absolute atomic E-state index is 0.171. The second-order valence-electron chi connectivity index (χ2n) is 3.42. The molecule has 0 radical (unpaired) electrons. The summed E-state index contributed by atoms with van der Waals surface area (Å²) in [5.74, 6) is 0. The summed E-state index contributed by atoms with van der Waals surface area (Å²) in [7, 11) is 0. The van der Waals surface area contributed by atoms with E-state index < -0.39 is 0 Å². The van der Waals surface area contributed by atoms with Gasteiger partial charge in [0.2, 0.25) is 0 Å². The molecule has 0 saturated carbocycles. The molecule has 3 nitrogen and oxygen atoms in total. The minimum Gasteiger partial charge on any atom is -0.335 e. The molecule has 2 amide bonds. The lowest BCUT2D eigenvalue weighted by Gasteiger charge is -2.12. The molecule has 82 valence electrons. The van der Waals surface area contributed by atoms with Gasteiger partial charge in [0, 0.05) is 16.8 Å². The van der Waals surface area contributed by atoms with E-state index in [9.17, 15) is 4.79 Å². The first kappa shape index (κ1) is 11.9. The Morgan fingerprint density at radius 3 is 2.87 bits per heavy atom. The molecular formula is C11H15ClN2O. The van der Waals surface area contributed by atoms with Crippen molar-refractivity contribution in [1.82, 2.24) is 5.32 Å². The second kappa shape index (κ2) is 5.61. The van der Waals surface area contributed by atoms with E-state index in [-0.39, 0.29) is 12.1 Å². The van der Waals surface area contributed by atoms with Crippen molar-refractivity contribution in [1.29, 1.82) is 0 Å². The molecular weight excluding hydrogens is 212 g/mol. The molecule has 0 heterocycles. The standard InChI is InChI=1S/C11H15ClN2O/c1-3-8(2)13-11(15)14-10-6-4-5-9(12)7-10/h4-8H,3H2,1-2H3,(H2,13,14,15). The highest BCUT2D eigenvalue weighted by atomic mass is 35.5. The number of nitrogens with one attached hydrogen (secondary N) is 2. The van der Waals surface area contributed by atoms with Crippen LogP contribution in [0.5, 0.6) is 0 Å². The van der Waals surface area contributed by atoms with E-state index in [0.717, 1.165) is 6.42 Å². The molecule has 1 atom stereocenters. The minimum atomic E-state index is -0.202. The Balaban J connectivity index is 2.51. The zero-order chi connectivity index (χ0) is 11.3. The number of hydrogen-bond donors (Lipinski definition) is 2. The number of carbonyl (C=O) groups is 1. The highest BCUT2D eigenvalue weighted by Crippen LogP contribution is 2.14. The van der Waals surface area contributed by atoms with Crippen LogP contribution in [-0.4, -0.2) is 12.1 Å². The molecule has 0 aliphatic carbocycles. The molecule has 4 heteroatoms. The average molecular weight is 227 g/mol. The van der Waals surface area contributed by atoms with E-state index >= 15 is 0 Å². The predicted octanol–water partition coefficient (Wildman–Crippen LogP) is 3.26. The van der Waals surface area contributed by atoms with Gasteiger partial charge in [-0.25, -0.2) is 4.79 Å². The topological polar surface area (TPSA) is 41.1 Å². The van der Waals surface area contributed by atoms with E-state index in [1.54, 1.807) is 24.3 Å². The van der Waals surface area contributed by atoms with Gasteiger partial charge in [0.15, 0.2) is 0 Å². The number of halogens is 1. The van der Waals surface area contributed by atoms with Crippen molar-refractivity contribution in [3.8, 4) is 0 Å². The van der Waals surface area contributed by atoms with Gasteiger partial charge in [-0.05, 0) is 31.5 Å². The van der Waals surface area contributed by atoms with Crippen molar-refractivity contribution < 1.29 is 4.79 Å². The Bertz CT molecular complexity index is 341. The van der Waals surface area contributed by atoms with Crippen LogP contribution in [0.15, 0.2) is 24.3 Å². The summed E-state index contributed by atoms with van der Waals surface area (Å²) in [5.41, 5.74) is 0.698. The molecule has 0 fully saturated rings. The van der Waals surface area contributed by atoms with Crippen LogP contribution in [0.3, 0.4) is 0 Å². The molecule has 0 aliphatic rings. The Labute approximate surface area is 94.8 Å². The molecule has 1 aromatic rings. The number of hydrogen-bond acceptors (Lipinski definition) is 1. The van der Waals surface area contributed by atoms with Crippen molar-refractivity contribution in [2.24, 2.45) is 0 Å². The van der Waals surface area contributed by atoms with E-state index in [1.807, 2.05) is 13.8 Å². The monoisotopic (exact) mass is 226 g/mol. The lowest BCUT2D eigenvalue weighted by Crippen LogP contribution is -2.35. The maximum atomic E-state index is 11.4. The number of carbonyl (C=O) groups excluding carboxylic acids is 1. The lowest BCUT2D eigenvalue weighted by molar-refractivity contribution is 0.249. The molecule has 0 aliphatic heterocycles. The number of benzene rings is 1. The maximum Gasteiger partial charge on any atom is 0.319 e. The van der Waals surface area contributed by atoms with E-state index in [0.29, 0.717) is 10.7 Å². The first-order valence-corrected chi connectivity index (χ1v) is 5.32. The molecule has 2 N–H and O–H groups in total. The van der Waals surface area contributed by atoms with Gasteiger partial charge < -0.3 is 10.6 Å². The summed E-state index contributed by atoms with van der Waals surface area (Å²) >= 11 is 5.79. The Kier molecular flexibility index (Phi) is 4.43. The zero-order valence-electron chi connectivity index (χ0n) is 8.88. The normalized spacial score (nSPS) is 11.9. The zero-order valence-corrected chi connectivity index (χ0v) is 9.64. The first-order valence-electron chi connectivity index (χ1n) is 4.95. The van der Waals surface area contributed by atoms with Crippen LogP contribution in [0.2, 0.25) is 5.02 Å². The van der Waals surface area contributed by atoms with Gasteiger partial charge in [-0.1, -0.05) is 24.6 Å². The van der Waals surface area contributed by atoms with Gasteiger partial charge in [0.1, 0.15) is 0 Å². The van der Waals surface area contributed by atoms with Crippen LogP contribution >= 0.6 is 11.6 Å². The number of rotatable bonds is 3. The molecule has 1 rings (SSSR count). The summed E-state index contributed by atoms with van der Waals surface area (Å²) in [5, 5.41) is 6.13. The largest absolute Gasteiger partial charge is 0.335 e. The predicted molar refractivity (Wildman–Crippen MR) is 63.4 cm³/mol. The Morgan fingerprint density at radius 2 is 2.27 bits per heavy atom. The quantitative estimate of drug-likeness (QED) is 0.816. The van der Waals surface area contributed by atoms with Gasteiger partial charge in [0.05, 0.1) is 0 Å². The highest BCUT2D eigenvalue weighted by molar-refractivity contribution is 6.30. The van der Waals surface area contributed by atoms with Crippen molar-refractivity contribution >= 4 is 23.3 Å². The highest BCUT2D eigenvalue weighted by Gasteiger charge is 2.04. The third-order valence-corrected chi connectivity index (χ3v) is 2.31. The molecule has 1 aromatic carbocycles. The van der Waals surface area contributed by atoms with Gasteiger partial charge in [-0.15, -0.1) is 0 Å². The number of amides is 2. The average Bonchev–Trinajstić information content (AvgIpc) is 2.17. The van der Waals surface area contributed by atoms with Crippen LogP contribution in [0.4, 0.5) is 10.5 Å². The van der Waals surface area contributed by atoms with Crippen LogP contribution in [0.1, 0.15) is 20.3 Å². The van der Waals surface area contributed by atoms with Crippen LogP contribution in [0, 0.1) is 0 Å². The second-order valence-corrected chi connectivity index (χ2v) is 3.85. The fourth-order valence-corrected chi connectivity index (χ4v) is 1.25. The summed E-state index contributed by atoms with van der Waals surface area (Å²) < 4.78 is 0. The third-order valence-electron chi connectivity index (χ3n) is 2.07.